The van der Waals surface area contributed by atoms with E-state index < -0.39 is 0 Å². The summed E-state index contributed by atoms with van der Waals surface area (Å²) in [5.74, 6) is 0.611. The molecule has 1 amide bonds. The van der Waals surface area contributed by atoms with Gasteiger partial charge in [0.2, 0.25) is 5.91 Å². The van der Waals surface area contributed by atoms with E-state index in [1.54, 1.807) is 12.1 Å². The van der Waals surface area contributed by atoms with Gasteiger partial charge in [0.15, 0.2) is 0 Å². The van der Waals surface area contributed by atoms with Crippen LogP contribution in [0, 0.1) is 6.92 Å². The number of carbonyl (C=O) groups is 1. The number of anilines is 1. The van der Waals surface area contributed by atoms with E-state index in [1.807, 2.05) is 19.1 Å². The Morgan fingerprint density at radius 1 is 1.33 bits per heavy atom. The zero-order valence-corrected chi connectivity index (χ0v) is 11.7. The summed E-state index contributed by atoms with van der Waals surface area (Å²) in [5.41, 5.74) is 1.43. The molecule has 0 radical (unpaired) electrons. The molecule has 3 rings (SSSR count). The van der Waals surface area contributed by atoms with Crippen molar-refractivity contribution in [1.82, 2.24) is 14.8 Å². The van der Waals surface area contributed by atoms with Crippen LogP contribution in [0.3, 0.4) is 0 Å². The van der Waals surface area contributed by atoms with E-state index >= 15 is 0 Å². The standard InChI is InChI=1S/C15H16N4O2/c1-10-3-2-4-13(16-10)17-14(20)9-19-15(21)8-7-12(18-19)11-5-6-11/h2-4,7-8,11H,5-6,9H2,1H3,(H,16,17,20). The van der Waals surface area contributed by atoms with Crippen molar-refractivity contribution in [3.05, 3.63) is 52.1 Å². The first-order chi connectivity index (χ1) is 10.1. The molecule has 0 bridgehead atoms. The summed E-state index contributed by atoms with van der Waals surface area (Å²) in [7, 11) is 0. The van der Waals surface area contributed by atoms with Crippen LogP contribution in [0.15, 0.2) is 35.1 Å². The van der Waals surface area contributed by atoms with Crippen LogP contribution < -0.4 is 10.9 Å². The highest BCUT2D eigenvalue weighted by atomic mass is 16.2. The number of nitrogens with zero attached hydrogens (tertiary/aromatic N) is 3. The van der Waals surface area contributed by atoms with Gasteiger partial charge in [0.05, 0.1) is 5.69 Å². The maximum absolute atomic E-state index is 12.0. The van der Waals surface area contributed by atoms with Crippen LogP contribution in [-0.2, 0) is 11.3 Å². The third kappa shape index (κ3) is 3.34. The van der Waals surface area contributed by atoms with E-state index in [2.05, 4.69) is 15.4 Å². The van der Waals surface area contributed by atoms with E-state index in [4.69, 9.17) is 0 Å². The highest BCUT2D eigenvalue weighted by Gasteiger charge is 2.25. The van der Waals surface area contributed by atoms with Gasteiger partial charge in [-0.3, -0.25) is 9.59 Å². The van der Waals surface area contributed by atoms with Crippen LogP contribution in [0.5, 0.6) is 0 Å². The molecule has 2 aromatic rings. The fourth-order valence-corrected chi connectivity index (χ4v) is 2.11. The molecular formula is C15H16N4O2. The summed E-state index contributed by atoms with van der Waals surface area (Å²) in [6.07, 6.45) is 2.20. The van der Waals surface area contributed by atoms with Crippen LogP contribution in [0.2, 0.25) is 0 Å². The number of nitrogens with one attached hydrogen (secondary N) is 1. The van der Waals surface area contributed by atoms with Gasteiger partial charge in [-0.1, -0.05) is 6.07 Å². The average molecular weight is 284 g/mol. The number of hydrogen-bond acceptors (Lipinski definition) is 4. The maximum atomic E-state index is 12.0. The van der Waals surface area contributed by atoms with Gasteiger partial charge in [-0.25, -0.2) is 9.67 Å². The highest BCUT2D eigenvalue weighted by Crippen LogP contribution is 2.38. The fraction of sp³-hybridized carbons (Fsp3) is 0.333. The van der Waals surface area contributed by atoms with Crippen LogP contribution in [0.25, 0.3) is 0 Å². The zero-order chi connectivity index (χ0) is 14.8. The molecule has 1 saturated carbocycles. The second kappa shape index (κ2) is 5.47. The van der Waals surface area contributed by atoms with E-state index in [9.17, 15) is 9.59 Å². The third-order valence-electron chi connectivity index (χ3n) is 3.33. The van der Waals surface area contributed by atoms with Gasteiger partial charge in [0.25, 0.3) is 5.56 Å². The zero-order valence-electron chi connectivity index (χ0n) is 11.7. The van der Waals surface area contributed by atoms with Gasteiger partial charge >= 0.3 is 0 Å². The number of pyridine rings is 1. The number of aromatic nitrogens is 3. The number of rotatable bonds is 4. The molecule has 6 nitrogen and oxygen atoms in total. The van der Waals surface area contributed by atoms with Crippen molar-refractivity contribution in [1.29, 1.82) is 0 Å². The SMILES string of the molecule is Cc1cccc(NC(=O)Cn2nc(C3CC3)ccc2=O)n1. The molecule has 108 valence electrons. The molecule has 21 heavy (non-hydrogen) atoms. The Labute approximate surface area is 121 Å². The summed E-state index contributed by atoms with van der Waals surface area (Å²) in [6, 6.07) is 8.59. The molecule has 1 N–H and O–H groups in total. The Hall–Kier alpha value is -2.50. The van der Waals surface area contributed by atoms with E-state index in [1.165, 1.54) is 10.7 Å². The lowest BCUT2D eigenvalue weighted by atomic mass is 10.3. The fourth-order valence-electron chi connectivity index (χ4n) is 2.11. The molecule has 0 saturated heterocycles. The van der Waals surface area contributed by atoms with Crippen molar-refractivity contribution in [2.75, 3.05) is 5.32 Å². The summed E-state index contributed by atoms with van der Waals surface area (Å²) in [4.78, 5) is 27.9. The number of carbonyl (C=O) groups excluding carboxylic acids is 1. The van der Waals surface area contributed by atoms with Gasteiger partial charge in [-0.15, -0.1) is 0 Å². The second-order valence-corrected chi connectivity index (χ2v) is 5.24. The Bertz CT molecular complexity index is 734. The van der Waals surface area contributed by atoms with Crippen molar-refractivity contribution < 1.29 is 4.79 Å². The van der Waals surface area contributed by atoms with Crippen molar-refractivity contribution in [2.45, 2.75) is 32.2 Å². The monoisotopic (exact) mass is 284 g/mol. The van der Waals surface area contributed by atoms with Crippen LogP contribution in [0.1, 0.15) is 30.1 Å². The lowest BCUT2D eigenvalue weighted by Crippen LogP contribution is -2.29. The molecular weight excluding hydrogens is 268 g/mol. The van der Waals surface area contributed by atoms with Gasteiger partial charge in [-0.05, 0) is 38.0 Å². The molecule has 1 aliphatic carbocycles. The highest BCUT2D eigenvalue weighted by molar-refractivity contribution is 5.89. The first kappa shape index (κ1) is 13.5. The molecule has 0 atom stereocenters. The van der Waals surface area contributed by atoms with E-state index in [-0.39, 0.29) is 18.0 Å². The average Bonchev–Trinajstić information content (AvgIpc) is 3.25. The number of hydrogen-bond donors (Lipinski definition) is 1. The van der Waals surface area contributed by atoms with Crippen LogP contribution in [0.4, 0.5) is 5.82 Å². The lowest BCUT2D eigenvalue weighted by molar-refractivity contribution is -0.117. The Morgan fingerprint density at radius 3 is 2.86 bits per heavy atom. The summed E-state index contributed by atoms with van der Waals surface area (Å²) >= 11 is 0. The second-order valence-electron chi connectivity index (χ2n) is 5.24. The molecule has 0 unspecified atom stereocenters. The largest absolute Gasteiger partial charge is 0.309 e. The molecule has 2 aromatic heterocycles. The van der Waals surface area contributed by atoms with Gasteiger partial charge in [-0.2, -0.15) is 5.10 Å². The molecule has 0 aliphatic heterocycles. The maximum Gasteiger partial charge on any atom is 0.267 e. The number of aryl methyl sites for hydroxylation is 1. The lowest BCUT2D eigenvalue weighted by Gasteiger charge is -2.07. The predicted molar refractivity (Wildman–Crippen MR) is 78.1 cm³/mol. The van der Waals surface area contributed by atoms with Crippen molar-refractivity contribution in [2.24, 2.45) is 0 Å². The van der Waals surface area contributed by atoms with Gasteiger partial charge in [0.1, 0.15) is 12.4 Å². The molecule has 1 aliphatic rings. The number of amides is 1. The summed E-state index contributed by atoms with van der Waals surface area (Å²) in [6.45, 7) is 1.75. The summed E-state index contributed by atoms with van der Waals surface area (Å²) < 4.78 is 1.21. The quantitative estimate of drug-likeness (QED) is 0.922. The molecule has 0 aromatic carbocycles. The minimum Gasteiger partial charge on any atom is -0.309 e. The van der Waals surface area contributed by atoms with Crippen LogP contribution >= 0.6 is 0 Å². The van der Waals surface area contributed by atoms with Crippen molar-refractivity contribution in [3.8, 4) is 0 Å². The minimum absolute atomic E-state index is 0.102. The van der Waals surface area contributed by atoms with Gasteiger partial charge < -0.3 is 5.32 Å². The minimum atomic E-state index is -0.310. The van der Waals surface area contributed by atoms with E-state index in [0.29, 0.717) is 11.7 Å². The van der Waals surface area contributed by atoms with Gasteiger partial charge in [0, 0.05) is 17.7 Å². The normalized spacial score (nSPS) is 14.0. The smallest absolute Gasteiger partial charge is 0.267 e. The Balaban J connectivity index is 1.72. The molecule has 2 heterocycles. The third-order valence-corrected chi connectivity index (χ3v) is 3.33. The predicted octanol–water partition coefficient (Wildman–Crippen LogP) is 1.46. The topological polar surface area (TPSA) is 76.9 Å². The Morgan fingerprint density at radius 2 is 2.14 bits per heavy atom. The van der Waals surface area contributed by atoms with Crippen molar-refractivity contribution in [3.63, 3.8) is 0 Å². The first-order valence-corrected chi connectivity index (χ1v) is 6.93. The first-order valence-electron chi connectivity index (χ1n) is 6.93. The van der Waals surface area contributed by atoms with Crippen molar-refractivity contribution >= 4 is 11.7 Å². The molecule has 0 spiro atoms. The molecule has 1 fully saturated rings. The van der Waals surface area contributed by atoms with E-state index in [0.717, 1.165) is 24.2 Å². The van der Waals surface area contributed by atoms with Crippen LogP contribution in [-0.4, -0.2) is 20.7 Å². The molecule has 6 heteroatoms. The summed E-state index contributed by atoms with van der Waals surface area (Å²) in [5, 5.41) is 6.93. The Kier molecular flexibility index (Phi) is 3.51.